The molecule has 3 rings (SSSR count). The highest BCUT2D eigenvalue weighted by atomic mass is 16.5. The van der Waals surface area contributed by atoms with Crippen LogP contribution in [0.25, 0.3) is 0 Å². The first-order valence-electron chi connectivity index (χ1n) is 8.40. The minimum absolute atomic E-state index is 0.0346. The fourth-order valence-electron chi connectivity index (χ4n) is 3.25. The number of nitrogens with two attached hydrogens (primary N) is 1. The van der Waals surface area contributed by atoms with E-state index in [-0.39, 0.29) is 42.0 Å². The van der Waals surface area contributed by atoms with Crippen molar-refractivity contribution in [3.05, 3.63) is 29.3 Å². The molecule has 0 bridgehead atoms. The standard InChI is InChI=1S/C16H20BN3O6/c18-11-5-4-9(19-15(11)22)7-13(21)20-12-6-8-2-1-3-10(16(23)24)14(8)26-17(12)25/h1-3,9,11-12,25H,4-7,18H2,(H,19,22)(H,20,21)(H,23,24). The molecule has 0 spiro atoms. The summed E-state index contributed by atoms with van der Waals surface area (Å²) in [6, 6.07) is 3.83. The molecule has 1 fully saturated rings. The number of nitrogens with one attached hydrogen (secondary N) is 2. The van der Waals surface area contributed by atoms with Crippen LogP contribution in [-0.4, -0.2) is 53.1 Å². The number of carboxylic acid groups (broad SMARTS) is 1. The molecule has 10 heteroatoms. The van der Waals surface area contributed by atoms with Gasteiger partial charge in [-0.2, -0.15) is 0 Å². The largest absolute Gasteiger partial charge is 0.547 e. The Labute approximate surface area is 150 Å². The molecule has 1 saturated heterocycles. The lowest BCUT2D eigenvalue weighted by atomic mass is 9.72. The Kier molecular flexibility index (Phi) is 5.14. The van der Waals surface area contributed by atoms with E-state index in [4.69, 9.17) is 10.4 Å². The minimum Gasteiger partial charge on any atom is -0.534 e. The van der Waals surface area contributed by atoms with E-state index in [9.17, 15) is 24.5 Å². The number of amides is 2. The van der Waals surface area contributed by atoms with Gasteiger partial charge in [0.05, 0.1) is 17.5 Å². The van der Waals surface area contributed by atoms with Gasteiger partial charge < -0.3 is 31.2 Å². The number of carboxylic acids is 1. The van der Waals surface area contributed by atoms with Gasteiger partial charge in [0.2, 0.25) is 11.8 Å². The Hall–Kier alpha value is -2.59. The van der Waals surface area contributed by atoms with Gasteiger partial charge in [-0.05, 0) is 30.9 Å². The minimum atomic E-state index is -1.36. The van der Waals surface area contributed by atoms with Crippen molar-refractivity contribution in [1.29, 1.82) is 0 Å². The predicted molar refractivity (Wildman–Crippen MR) is 91.4 cm³/mol. The molecule has 3 atom stereocenters. The van der Waals surface area contributed by atoms with Crippen LogP contribution in [0.3, 0.4) is 0 Å². The van der Waals surface area contributed by atoms with Crippen LogP contribution in [0.5, 0.6) is 5.75 Å². The van der Waals surface area contributed by atoms with E-state index in [1.54, 1.807) is 12.1 Å². The summed E-state index contributed by atoms with van der Waals surface area (Å²) >= 11 is 0. The van der Waals surface area contributed by atoms with Gasteiger partial charge in [0, 0.05) is 12.5 Å². The van der Waals surface area contributed by atoms with Crippen LogP contribution in [0.2, 0.25) is 0 Å². The Morgan fingerprint density at radius 3 is 2.85 bits per heavy atom. The topological polar surface area (TPSA) is 151 Å². The smallest absolute Gasteiger partial charge is 0.534 e. The quantitative estimate of drug-likeness (QED) is 0.424. The Balaban J connectivity index is 1.62. The maximum atomic E-state index is 12.2. The molecular weight excluding hydrogens is 341 g/mol. The zero-order valence-corrected chi connectivity index (χ0v) is 14.0. The molecule has 1 aromatic carbocycles. The van der Waals surface area contributed by atoms with Crippen LogP contribution in [0.1, 0.15) is 35.2 Å². The van der Waals surface area contributed by atoms with E-state index in [0.717, 1.165) is 0 Å². The van der Waals surface area contributed by atoms with Gasteiger partial charge in [-0.1, -0.05) is 12.1 Å². The summed E-state index contributed by atoms with van der Waals surface area (Å²) in [7, 11) is -1.36. The number of fused-ring (bicyclic) bond motifs is 1. The maximum Gasteiger partial charge on any atom is 0.547 e. The Morgan fingerprint density at radius 1 is 1.38 bits per heavy atom. The van der Waals surface area contributed by atoms with E-state index in [1.165, 1.54) is 6.07 Å². The number of aromatic carboxylic acids is 1. The fourth-order valence-corrected chi connectivity index (χ4v) is 3.25. The molecule has 0 radical (unpaired) electrons. The molecule has 9 nitrogen and oxygen atoms in total. The number of benzene rings is 1. The number of carbonyl (C=O) groups is 3. The molecule has 26 heavy (non-hydrogen) atoms. The highest BCUT2D eigenvalue weighted by molar-refractivity contribution is 6.47. The lowest BCUT2D eigenvalue weighted by Gasteiger charge is -2.30. The highest BCUT2D eigenvalue weighted by Crippen LogP contribution is 2.30. The third-order valence-electron chi connectivity index (χ3n) is 4.64. The zero-order chi connectivity index (χ0) is 18.8. The molecule has 2 aliphatic heterocycles. The molecule has 2 heterocycles. The first-order valence-corrected chi connectivity index (χ1v) is 8.40. The van der Waals surface area contributed by atoms with Crippen molar-refractivity contribution in [2.24, 2.45) is 5.73 Å². The van der Waals surface area contributed by atoms with E-state index in [1.807, 2.05) is 0 Å². The number of rotatable bonds is 4. The van der Waals surface area contributed by atoms with Gasteiger partial charge in [-0.15, -0.1) is 0 Å². The van der Waals surface area contributed by atoms with Crippen LogP contribution in [0.15, 0.2) is 18.2 Å². The summed E-state index contributed by atoms with van der Waals surface area (Å²) in [5.74, 6) is -2.35. The van der Waals surface area contributed by atoms with Crippen LogP contribution in [-0.2, 0) is 16.0 Å². The number of hydrogen-bond acceptors (Lipinski definition) is 6. The molecular formula is C16H20BN3O6. The van der Waals surface area contributed by atoms with Gasteiger partial charge >= 0.3 is 13.1 Å². The first kappa shape index (κ1) is 18.2. The normalized spacial score (nSPS) is 24.9. The second-order valence-corrected chi connectivity index (χ2v) is 6.58. The van der Waals surface area contributed by atoms with Gasteiger partial charge in [-0.3, -0.25) is 9.59 Å². The van der Waals surface area contributed by atoms with Crippen molar-refractivity contribution in [3.63, 3.8) is 0 Å². The average Bonchev–Trinajstić information content (AvgIpc) is 2.58. The zero-order valence-electron chi connectivity index (χ0n) is 14.0. The predicted octanol–water partition coefficient (Wildman–Crippen LogP) is -1.18. The van der Waals surface area contributed by atoms with Crippen molar-refractivity contribution < 1.29 is 29.2 Å². The van der Waals surface area contributed by atoms with Crippen molar-refractivity contribution in [1.82, 2.24) is 10.6 Å². The molecule has 3 unspecified atom stereocenters. The summed E-state index contributed by atoms with van der Waals surface area (Å²) in [4.78, 5) is 35.1. The summed E-state index contributed by atoms with van der Waals surface area (Å²) in [5.41, 5.74) is 6.17. The van der Waals surface area contributed by atoms with Gasteiger partial charge in [0.15, 0.2) is 0 Å². The molecule has 1 aromatic rings. The van der Waals surface area contributed by atoms with Gasteiger partial charge in [-0.25, -0.2) is 4.79 Å². The van der Waals surface area contributed by atoms with E-state index in [0.29, 0.717) is 18.4 Å². The van der Waals surface area contributed by atoms with Crippen molar-refractivity contribution in [3.8, 4) is 5.75 Å². The van der Waals surface area contributed by atoms with Crippen molar-refractivity contribution in [2.45, 2.75) is 43.7 Å². The Bertz CT molecular complexity index is 743. The lowest BCUT2D eigenvalue weighted by Crippen LogP contribution is -2.55. The Morgan fingerprint density at radius 2 is 2.15 bits per heavy atom. The van der Waals surface area contributed by atoms with E-state index >= 15 is 0 Å². The van der Waals surface area contributed by atoms with Crippen LogP contribution >= 0.6 is 0 Å². The molecule has 0 aliphatic carbocycles. The molecule has 6 N–H and O–H groups in total. The number of piperidine rings is 1. The first-order chi connectivity index (χ1) is 12.3. The van der Waals surface area contributed by atoms with Crippen LogP contribution < -0.4 is 21.0 Å². The van der Waals surface area contributed by atoms with Crippen LogP contribution in [0.4, 0.5) is 0 Å². The molecule has 0 aromatic heterocycles. The van der Waals surface area contributed by atoms with E-state index in [2.05, 4.69) is 10.6 Å². The van der Waals surface area contributed by atoms with Crippen LogP contribution in [0, 0.1) is 0 Å². The number of para-hydroxylation sites is 1. The third kappa shape index (κ3) is 3.81. The van der Waals surface area contributed by atoms with Crippen molar-refractivity contribution in [2.75, 3.05) is 0 Å². The highest BCUT2D eigenvalue weighted by Gasteiger charge is 2.38. The number of carbonyl (C=O) groups excluding carboxylic acids is 2. The summed E-state index contributed by atoms with van der Waals surface area (Å²) < 4.78 is 5.33. The second kappa shape index (κ2) is 7.34. The summed E-state index contributed by atoms with van der Waals surface area (Å²) in [6.07, 6.45) is 1.44. The summed E-state index contributed by atoms with van der Waals surface area (Å²) in [6.45, 7) is 0. The maximum absolute atomic E-state index is 12.2. The fraction of sp³-hybridized carbons (Fsp3) is 0.438. The number of hydrogen-bond donors (Lipinski definition) is 5. The molecule has 2 aliphatic rings. The average molecular weight is 361 g/mol. The van der Waals surface area contributed by atoms with Gasteiger partial charge in [0.25, 0.3) is 0 Å². The molecule has 0 saturated carbocycles. The monoisotopic (exact) mass is 361 g/mol. The third-order valence-corrected chi connectivity index (χ3v) is 4.64. The lowest BCUT2D eigenvalue weighted by molar-refractivity contribution is -0.126. The second-order valence-electron chi connectivity index (χ2n) is 6.58. The summed E-state index contributed by atoms with van der Waals surface area (Å²) in [5, 5.41) is 24.7. The van der Waals surface area contributed by atoms with E-state index < -0.39 is 25.1 Å². The molecule has 138 valence electrons. The molecule has 2 amide bonds. The van der Waals surface area contributed by atoms with Crippen molar-refractivity contribution >= 4 is 24.9 Å². The van der Waals surface area contributed by atoms with Gasteiger partial charge in [0.1, 0.15) is 5.75 Å². The SMILES string of the molecule is NC1CCC(CC(=O)NC2Cc3cccc(C(=O)O)c3OB2O)NC1=O.